The first-order chi connectivity index (χ1) is 11.7. The lowest BCUT2D eigenvalue weighted by Gasteiger charge is -2.15. The molecule has 0 aliphatic heterocycles. The highest BCUT2D eigenvalue weighted by atomic mass is 79.9. The van der Waals surface area contributed by atoms with E-state index in [1.165, 1.54) is 6.07 Å². The number of carbonyl (C=O) groups is 1. The van der Waals surface area contributed by atoms with Crippen LogP contribution in [0.4, 0.5) is 23.2 Å². The molecule has 0 atom stereocenters. The monoisotopic (exact) mass is 419 g/mol. The Labute approximate surface area is 150 Å². The largest absolute Gasteiger partial charge is 0.491 e. The van der Waals surface area contributed by atoms with Crippen molar-refractivity contribution < 1.29 is 27.1 Å². The molecule has 1 N–H and O–H groups in total. The van der Waals surface area contributed by atoms with Gasteiger partial charge in [-0.05, 0) is 58.7 Å². The Morgan fingerprint density at radius 3 is 2.56 bits per heavy atom. The van der Waals surface area contributed by atoms with Crippen LogP contribution in [-0.2, 0) is 6.18 Å². The van der Waals surface area contributed by atoms with Crippen LogP contribution in [0, 0.1) is 5.82 Å². The zero-order valence-electron chi connectivity index (χ0n) is 13.1. The van der Waals surface area contributed by atoms with E-state index in [-0.39, 0.29) is 23.6 Å². The number of halogens is 5. The number of ether oxygens (including phenoxy) is 1. The predicted molar refractivity (Wildman–Crippen MR) is 89.3 cm³/mol. The fraction of sp³-hybridized carbons (Fsp3) is 0.235. The number of benzene rings is 2. The minimum atomic E-state index is -4.57. The molecule has 25 heavy (non-hydrogen) atoms. The second kappa shape index (κ2) is 7.86. The van der Waals surface area contributed by atoms with E-state index in [2.05, 4.69) is 21.2 Å². The molecule has 3 nitrogen and oxygen atoms in total. The highest BCUT2D eigenvalue weighted by Gasteiger charge is 2.31. The quantitative estimate of drug-likeness (QED) is 0.636. The molecular formula is C17H14BrF4NO2. The van der Waals surface area contributed by atoms with E-state index in [9.17, 15) is 22.4 Å². The number of nitrogens with one attached hydrogen (secondary N) is 1. The Kier molecular flexibility index (Phi) is 6.05. The van der Waals surface area contributed by atoms with Crippen molar-refractivity contribution in [3.63, 3.8) is 0 Å². The van der Waals surface area contributed by atoms with Crippen molar-refractivity contribution in [3.05, 3.63) is 57.8 Å². The van der Waals surface area contributed by atoms with Gasteiger partial charge in [0.2, 0.25) is 0 Å². The van der Waals surface area contributed by atoms with Crippen molar-refractivity contribution in [2.75, 3.05) is 11.9 Å². The SMILES string of the molecule is CCCOc1ccc(C(F)(F)F)cc1NC(=O)c1cc(F)ccc1Br. The summed E-state index contributed by atoms with van der Waals surface area (Å²) in [7, 11) is 0. The number of hydrogen-bond donors (Lipinski definition) is 1. The van der Waals surface area contributed by atoms with Gasteiger partial charge in [-0.25, -0.2) is 4.39 Å². The van der Waals surface area contributed by atoms with Gasteiger partial charge in [0.05, 0.1) is 23.4 Å². The lowest BCUT2D eigenvalue weighted by atomic mass is 10.1. The Hall–Kier alpha value is -2.09. The third-order valence-corrected chi connectivity index (χ3v) is 3.88. The highest BCUT2D eigenvalue weighted by molar-refractivity contribution is 9.10. The Balaban J connectivity index is 2.37. The second-order valence-corrected chi connectivity index (χ2v) is 5.99. The summed E-state index contributed by atoms with van der Waals surface area (Å²) in [5, 5.41) is 2.36. The standard InChI is InChI=1S/C17H14BrF4NO2/c1-2-7-25-15-6-3-10(17(20,21)22)8-14(15)23-16(24)12-9-11(19)4-5-13(12)18/h3-6,8-9H,2,7H2,1H3,(H,23,24). The summed E-state index contributed by atoms with van der Waals surface area (Å²) in [5.74, 6) is -1.29. The van der Waals surface area contributed by atoms with E-state index < -0.39 is 23.5 Å². The summed E-state index contributed by atoms with van der Waals surface area (Å²) in [5.41, 5.74) is -1.10. The van der Waals surface area contributed by atoms with E-state index in [4.69, 9.17) is 4.74 Å². The molecule has 0 bridgehead atoms. The molecule has 8 heteroatoms. The van der Waals surface area contributed by atoms with Crippen molar-refractivity contribution in [2.24, 2.45) is 0 Å². The molecule has 0 saturated carbocycles. The molecule has 0 saturated heterocycles. The molecule has 0 aliphatic rings. The van der Waals surface area contributed by atoms with Crippen LogP contribution < -0.4 is 10.1 Å². The van der Waals surface area contributed by atoms with E-state index in [1.54, 1.807) is 0 Å². The Bertz CT molecular complexity index is 778. The van der Waals surface area contributed by atoms with Crippen LogP contribution in [0.3, 0.4) is 0 Å². The van der Waals surface area contributed by atoms with E-state index >= 15 is 0 Å². The maximum absolute atomic E-state index is 13.3. The summed E-state index contributed by atoms with van der Waals surface area (Å²) in [4.78, 5) is 12.3. The topological polar surface area (TPSA) is 38.3 Å². The average Bonchev–Trinajstić information content (AvgIpc) is 2.54. The molecule has 0 radical (unpaired) electrons. The number of carbonyl (C=O) groups excluding carboxylic acids is 1. The van der Waals surface area contributed by atoms with Gasteiger partial charge in [-0.2, -0.15) is 13.2 Å². The molecule has 2 aromatic carbocycles. The van der Waals surface area contributed by atoms with Gasteiger partial charge in [0.15, 0.2) is 0 Å². The third-order valence-electron chi connectivity index (χ3n) is 3.19. The van der Waals surface area contributed by atoms with E-state index in [0.717, 1.165) is 30.3 Å². The normalized spacial score (nSPS) is 11.3. The predicted octanol–water partition coefficient (Wildman–Crippen LogP) is 5.65. The molecule has 0 aromatic heterocycles. The number of rotatable bonds is 5. The molecule has 1 amide bonds. The number of alkyl halides is 3. The minimum absolute atomic E-state index is 0.0427. The molecule has 134 valence electrons. The summed E-state index contributed by atoms with van der Waals surface area (Å²) < 4.78 is 57.8. The molecule has 0 spiro atoms. The van der Waals surface area contributed by atoms with Crippen molar-refractivity contribution in [1.29, 1.82) is 0 Å². The fourth-order valence-electron chi connectivity index (χ4n) is 2.00. The summed E-state index contributed by atoms with van der Waals surface area (Å²) in [6, 6.07) is 6.29. The van der Waals surface area contributed by atoms with Crippen LogP contribution in [-0.4, -0.2) is 12.5 Å². The first kappa shape index (κ1) is 19.2. The smallest absolute Gasteiger partial charge is 0.416 e. The van der Waals surface area contributed by atoms with Crippen molar-refractivity contribution in [2.45, 2.75) is 19.5 Å². The van der Waals surface area contributed by atoms with Gasteiger partial charge < -0.3 is 10.1 Å². The average molecular weight is 420 g/mol. The number of hydrogen-bond acceptors (Lipinski definition) is 2. The maximum atomic E-state index is 13.3. The van der Waals surface area contributed by atoms with Crippen molar-refractivity contribution in [3.8, 4) is 5.75 Å². The van der Waals surface area contributed by atoms with Gasteiger partial charge in [-0.15, -0.1) is 0 Å². The van der Waals surface area contributed by atoms with E-state index in [1.807, 2.05) is 6.92 Å². The van der Waals surface area contributed by atoms with Crippen LogP contribution in [0.15, 0.2) is 40.9 Å². The minimum Gasteiger partial charge on any atom is -0.491 e. The van der Waals surface area contributed by atoms with Crippen LogP contribution in [0.25, 0.3) is 0 Å². The van der Waals surface area contributed by atoms with Crippen LogP contribution in [0.5, 0.6) is 5.75 Å². The third kappa shape index (κ3) is 4.94. The molecule has 2 rings (SSSR count). The zero-order chi connectivity index (χ0) is 18.6. The lowest BCUT2D eigenvalue weighted by molar-refractivity contribution is -0.137. The first-order valence-corrected chi connectivity index (χ1v) is 8.12. The Morgan fingerprint density at radius 1 is 1.20 bits per heavy atom. The van der Waals surface area contributed by atoms with Gasteiger partial charge >= 0.3 is 6.18 Å². The maximum Gasteiger partial charge on any atom is 0.416 e. The van der Waals surface area contributed by atoms with Gasteiger partial charge in [-0.1, -0.05) is 6.92 Å². The molecule has 2 aromatic rings. The number of amides is 1. The lowest BCUT2D eigenvalue weighted by Crippen LogP contribution is -2.15. The van der Waals surface area contributed by atoms with Gasteiger partial charge in [0.1, 0.15) is 11.6 Å². The van der Waals surface area contributed by atoms with Crippen LogP contribution in [0.2, 0.25) is 0 Å². The molecule has 0 aliphatic carbocycles. The fourth-order valence-corrected chi connectivity index (χ4v) is 2.43. The van der Waals surface area contributed by atoms with Gasteiger partial charge in [-0.3, -0.25) is 4.79 Å². The van der Waals surface area contributed by atoms with Crippen LogP contribution in [0.1, 0.15) is 29.3 Å². The molecule has 0 heterocycles. The molecular weight excluding hydrogens is 406 g/mol. The molecule has 0 unspecified atom stereocenters. The van der Waals surface area contributed by atoms with E-state index in [0.29, 0.717) is 10.9 Å². The summed E-state index contributed by atoms with van der Waals surface area (Å²) in [6.07, 6.45) is -3.92. The summed E-state index contributed by atoms with van der Waals surface area (Å²) >= 11 is 3.11. The van der Waals surface area contributed by atoms with Crippen molar-refractivity contribution >= 4 is 27.5 Å². The number of anilines is 1. The highest BCUT2D eigenvalue weighted by Crippen LogP contribution is 2.35. The Morgan fingerprint density at radius 2 is 1.92 bits per heavy atom. The van der Waals surface area contributed by atoms with Gasteiger partial charge in [0.25, 0.3) is 5.91 Å². The van der Waals surface area contributed by atoms with Gasteiger partial charge in [0, 0.05) is 4.47 Å². The van der Waals surface area contributed by atoms with Crippen molar-refractivity contribution in [1.82, 2.24) is 0 Å². The second-order valence-electron chi connectivity index (χ2n) is 5.14. The molecule has 0 fully saturated rings. The first-order valence-electron chi connectivity index (χ1n) is 7.33. The summed E-state index contributed by atoms with van der Waals surface area (Å²) in [6.45, 7) is 2.12. The van der Waals surface area contributed by atoms with Crippen LogP contribution >= 0.6 is 15.9 Å². The zero-order valence-corrected chi connectivity index (χ0v) is 14.7.